The van der Waals surface area contributed by atoms with E-state index >= 15 is 0 Å². The third kappa shape index (κ3) is 4.06. The second kappa shape index (κ2) is 9.75. The minimum atomic E-state index is -0.498. The van der Waals surface area contributed by atoms with Gasteiger partial charge < -0.3 is 8.83 Å². The molecule has 0 aliphatic rings. The molecule has 0 bridgehead atoms. The lowest BCUT2D eigenvalue weighted by Gasteiger charge is -2.09. The van der Waals surface area contributed by atoms with Gasteiger partial charge in [0.15, 0.2) is 17.5 Å². The number of fused-ring (bicyclic) bond motifs is 6. The van der Waals surface area contributed by atoms with Crippen molar-refractivity contribution in [3.63, 3.8) is 0 Å². The zero-order valence-corrected chi connectivity index (χ0v) is 22.9. The molecule has 9 rings (SSSR count). The van der Waals surface area contributed by atoms with Crippen LogP contribution in [0.25, 0.3) is 89.2 Å². The van der Waals surface area contributed by atoms with Crippen LogP contribution in [-0.4, -0.2) is 15.0 Å². The maximum absolute atomic E-state index is 9.21. The number of aromatic nitrogens is 3. The molecule has 206 valence electrons. The Hall–Kier alpha value is -6.07. The summed E-state index contributed by atoms with van der Waals surface area (Å²) in [5.74, 6) is 0.477. The smallest absolute Gasteiger partial charge is 0.164 e. The van der Waals surface area contributed by atoms with Crippen LogP contribution in [0.3, 0.4) is 0 Å². The van der Waals surface area contributed by atoms with Gasteiger partial charge in [0.05, 0.1) is 9.60 Å². The topological polar surface area (TPSA) is 65.0 Å². The molecule has 0 aliphatic carbocycles. The Morgan fingerprint density at radius 1 is 0.409 bits per heavy atom. The zero-order valence-electron chi connectivity index (χ0n) is 29.9. The average molecular weight is 573 g/mol. The van der Waals surface area contributed by atoms with Crippen LogP contribution in [0.15, 0.2) is 148 Å². The molecule has 0 N–H and O–H groups in total. The van der Waals surface area contributed by atoms with E-state index in [-0.39, 0.29) is 57.1 Å². The van der Waals surface area contributed by atoms with Gasteiger partial charge >= 0.3 is 0 Å². The van der Waals surface area contributed by atoms with Crippen LogP contribution in [0.4, 0.5) is 0 Å². The highest BCUT2D eigenvalue weighted by Crippen LogP contribution is 2.35. The average Bonchev–Trinajstić information content (AvgIpc) is 3.75. The summed E-state index contributed by atoms with van der Waals surface area (Å²) in [5.41, 5.74) is 4.21. The number of para-hydroxylation sites is 2. The highest BCUT2D eigenvalue weighted by atomic mass is 16.3. The summed E-state index contributed by atoms with van der Waals surface area (Å²) in [6.45, 7) is 0. The van der Waals surface area contributed by atoms with Gasteiger partial charge in [0.25, 0.3) is 0 Å². The first-order valence-electron chi connectivity index (χ1n) is 17.5. The second-order valence-electron chi connectivity index (χ2n) is 10.3. The van der Waals surface area contributed by atoms with Crippen LogP contribution >= 0.6 is 0 Å². The lowest BCUT2D eigenvalue weighted by Crippen LogP contribution is -2.00. The van der Waals surface area contributed by atoms with Crippen molar-refractivity contribution in [3.05, 3.63) is 139 Å². The van der Waals surface area contributed by atoms with E-state index in [9.17, 15) is 1.37 Å². The van der Waals surface area contributed by atoms with E-state index in [1.165, 1.54) is 0 Å². The summed E-state index contributed by atoms with van der Waals surface area (Å²) in [6.07, 6.45) is 0. The van der Waals surface area contributed by atoms with Crippen LogP contribution in [0.2, 0.25) is 0 Å². The molecular formula is C39H23N3O2. The fourth-order valence-electron chi connectivity index (χ4n) is 5.46. The van der Waals surface area contributed by atoms with Crippen LogP contribution in [0.1, 0.15) is 9.60 Å². The molecule has 6 aromatic carbocycles. The van der Waals surface area contributed by atoms with Gasteiger partial charge in [-0.25, -0.2) is 15.0 Å². The van der Waals surface area contributed by atoms with Crippen LogP contribution in [0, 0.1) is 0 Å². The molecule has 0 spiro atoms. The van der Waals surface area contributed by atoms with Crippen LogP contribution < -0.4 is 0 Å². The Morgan fingerprint density at radius 2 is 1.02 bits per heavy atom. The molecule has 0 saturated carbocycles. The molecule has 44 heavy (non-hydrogen) atoms. The SMILES string of the molecule is [2H]c1c([2H])c([2H])c2c(oc3c([2H])c(-c4nc(-c5ccc(-c6ccccc6)cc5)nc(-c5ccc6c(c5)oc5ccccc56)n4)c([2H])c([2H])c32)c1[2H]. The number of nitrogens with zero attached hydrogens (tertiary/aromatic N) is 3. The highest BCUT2D eigenvalue weighted by molar-refractivity contribution is 6.06. The Bertz CT molecular complexity index is 2890. The fraction of sp³-hybridized carbons (Fsp3) is 0. The van der Waals surface area contributed by atoms with Crippen LogP contribution in [0.5, 0.6) is 0 Å². The highest BCUT2D eigenvalue weighted by Gasteiger charge is 2.16. The van der Waals surface area contributed by atoms with Gasteiger partial charge in [-0.15, -0.1) is 0 Å². The Morgan fingerprint density at radius 3 is 1.89 bits per heavy atom. The van der Waals surface area contributed by atoms with E-state index in [2.05, 4.69) is 0 Å². The van der Waals surface area contributed by atoms with Crippen molar-refractivity contribution < 1.29 is 18.4 Å². The lowest BCUT2D eigenvalue weighted by atomic mass is 10.0. The van der Waals surface area contributed by atoms with E-state index in [0.29, 0.717) is 16.7 Å². The Kier molecular flexibility index (Phi) is 4.09. The van der Waals surface area contributed by atoms with Gasteiger partial charge in [-0.2, -0.15) is 0 Å². The third-order valence-electron chi connectivity index (χ3n) is 7.63. The van der Waals surface area contributed by atoms with Gasteiger partial charge in [0.1, 0.15) is 22.3 Å². The molecule has 0 unspecified atom stereocenters. The van der Waals surface area contributed by atoms with E-state index in [1.807, 2.05) is 97.1 Å². The van der Waals surface area contributed by atoms with Crippen molar-refractivity contribution in [1.29, 1.82) is 0 Å². The first-order chi connectivity index (χ1) is 24.7. The molecule has 0 aliphatic heterocycles. The molecule has 9 aromatic rings. The standard InChI is InChI=1S/C39H23N3O2/c1-2-8-24(9-3-1)25-14-16-26(17-15-25)37-40-38(27-18-20-31-29-10-4-6-12-33(29)43-35(31)22-27)42-39(41-37)28-19-21-32-30-11-5-7-13-34(30)44-36(32)23-28/h1-23H/i4D,6D,10D,12D,18D,20D,22D. The number of hydrogen-bond acceptors (Lipinski definition) is 5. The van der Waals surface area contributed by atoms with Crippen molar-refractivity contribution in [1.82, 2.24) is 15.0 Å². The summed E-state index contributed by atoms with van der Waals surface area (Å²) in [5, 5.41) is 1.79. The van der Waals surface area contributed by atoms with Crippen molar-refractivity contribution in [3.8, 4) is 45.3 Å². The summed E-state index contributed by atoms with van der Waals surface area (Å²) >= 11 is 0. The van der Waals surface area contributed by atoms with E-state index in [4.69, 9.17) is 32.0 Å². The van der Waals surface area contributed by atoms with E-state index < -0.39 is 30.2 Å². The minimum absolute atomic E-state index is 0.0442. The van der Waals surface area contributed by atoms with Gasteiger partial charge in [0.2, 0.25) is 0 Å². The molecule has 0 atom stereocenters. The number of furan rings is 2. The first kappa shape index (κ1) is 18.5. The zero-order chi connectivity index (χ0) is 35.1. The molecule has 5 nitrogen and oxygen atoms in total. The molecule has 3 heterocycles. The largest absolute Gasteiger partial charge is 0.456 e. The number of hydrogen-bond donors (Lipinski definition) is 0. The molecule has 0 radical (unpaired) electrons. The van der Waals surface area contributed by atoms with Crippen molar-refractivity contribution >= 4 is 43.9 Å². The number of benzene rings is 6. The molecular weight excluding hydrogens is 542 g/mol. The van der Waals surface area contributed by atoms with Gasteiger partial charge in [-0.1, -0.05) is 103 Å². The minimum Gasteiger partial charge on any atom is -0.456 e. The number of rotatable bonds is 4. The van der Waals surface area contributed by atoms with Crippen molar-refractivity contribution in [2.75, 3.05) is 0 Å². The quantitative estimate of drug-likeness (QED) is 0.210. The summed E-state index contributed by atoms with van der Waals surface area (Å²) in [4.78, 5) is 14.3. The monoisotopic (exact) mass is 572 g/mol. The Labute approximate surface area is 261 Å². The maximum Gasteiger partial charge on any atom is 0.164 e. The Balaban J connectivity index is 1.28. The third-order valence-corrected chi connectivity index (χ3v) is 7.63. The van der Waals surface area contributed by atoms with E-state index in [0.717, 1.165) is 27.5 Å². The summed E-state index contributed by atoms with van der Waals surface area (Å²) < 4.78 is 72.5. The predicted molar refractivity (Wildman–Crippen MR) is 176 cm³/mol. The van der Waals surface area contributed by atoms with Gasteiger partial charge in [0, 0.05) is 38.2 Å². The molecule has 0 amide bonds. The second-order valence-corrected chi connectivity index (χ2v) is 10.3. The van der Waals surface area contributed by atoms with Crippen LogP contribution in [-0.2, 0) is 0 Å². The van der Waals surface area contributed by atoms with Gasteiger partial charge in [-0.05, 0) is 47.5 Å². The molecule has 0 fully saturated rings. The van der Waals surface area contributed by atoms with Crippen molar-refractivity contribution in [2.24, 2.45) is 0 Å². The molecule has 0 saturated heterocycles. The lowest BCUT2D eigenvalue weighted by molar-refractivity contribution is 0.668. The van der Waals surface area contributed by atoms with Crippen molar-refractivity contribution in [2.45, 2.75) is 0 Å². The summed E-state index contributed by atoms with van der Waals surface area (Å²) in [7, 11) is 0. The molecule has 3 aromatic heterocycles. The maximum atomic E-state index is 9.21. The predicted octanol–water partition coefficient (Wildman–Crippen LogP) is 10.3. The first-order valence-corrected chi connectivity index (χ1v) is 14.0. The van der Waals surface area contributed by atoms with Gasteiger partial charge in [-0.3, -0.25) is 0 Å². The van der Waals surface area contributed by atoms with E-state index in [1.54, 1.807) is 0 Å². The molecule has 5 heteroatoms. The normalized spacial score (nSPS) is 13.9. The fourth-order valence-corrected chi connectivity index (χ4v) is 5.46. The summed E-state index contributed by atoms with van der Waals surface area (Å²) in [6, 6.07) is 28.1.